The molecular formula is C17H24ClNO2. The maximum Gasteiger partial charge on any atom is 0.335 e. The van der Waals surface area contributed by atoms with E-state index in [9.17, 15) is 4.79 Å². The molecular weight excluding hydrogens is 286 g/mol. The minimum atomic E-state index is -0.935. The molecule has 3 nitrogen and oxygen atoms in total. The van der Waals surface area contributed by atoms with E-state index in [-0.39, 0.29) is 5.56 Å². The molecule has 1 aliphatic carbocycles. The van der Waals surface area contributed by atoms with Crippen molar-refractivity contribution in [3.63, 3.8) is 0 Å². The normalized spacial score (nSPS) is 22.5. The molecule has 0 bridgehead atoms. The number of carboxylic acid groups (broad SMARTS) is 1. The first-order chi connectivity index (χ1) is 10.0. The number of benzene rings is 1. The molecule has 0 saturated heterocycles. The molecule has 0 spiro atoms. The van der Waals surface area contributed by atoms with Crippen molar-refractivity contribution in [2.24, 2.45) is 5.92 Å². The van der Waals surface area contributed by atoms with Crippen molar-refractivity contribution in [2.45, 2.75) is 51.6 Å². The number of aromatic carboxylic acids is 1. The van der Waals surface area contributed by atoms with Gasteiger partial charge in [0.15, 0.2) is 0 Å². The molecule has 1 aliphatic rings. The van der Waals surface area contributed by atoms with Gasteiger partial charge in [0.1, 0.15) is 0 Å². The van der Waals surface area contributed by atoms with E-state index in [2.05, 4.69) is 18.9 Å². The van der Waals surface area contributed by atoms with E-state index in [0.717, 1.165) is 18.0 Å². The molecule has 1 fully saturated rings. The van der Waals surface area contributed by atoms with Gasteiger partial charge in [0, 0.05) is 17.6 Å². The fraction of sp³-hybridized carbons (Fsp3) is 0.588. The van der Waals surface area contributed by atoms with Crippen molar-refractivity contribution in [1.82, 2.24) is 4.90 Å². The zero-order valence-corrected chi connectivity index (χ0v) is 13.6. The van der Waals surface area contributed by atoms with Crippen LogP contribution in [0.3, 0.4) is 0 Å². The predicted molar refractivity (Wildman–Crippen MR) is 85.9 cm³/mol. The highest BCUT2D eigenvalue weighted by Crippen LogP contribution is 2.30. The lowest BCUT2D eigenvalue weighted by atomic mass is 9.84. The van der Waals surface area contributed by atoms with Gasteiger partial charge in [-0.2, -0.15) is 0 Å². The summed E-state index contributed by atoms with van der Waals surface area (Å²) in [7, 11) is 2.14. The first-order valence-corrected chi connectivity index (χ1v) is 8.11. The van der Waals surface area contributed by atoms with E-state index in [4.69, 9.17) is 16.7 Å². The van der Waals surface area contributed by atoms with Crippen LogP contribution in [-0.2, 0) is 6.54 Å². The fourth-order valence-corrected chi connectivity index (χ4v) is 3.44. The average molecular weight is 310 g/mol. The Bertz CT molecular complexity index is 496. The van der Waals surface area contributed by atoms with Crippen molar-refractivity contribution in [1.29, 1.82) is 0 Å². The van der Waals surface area contributed by atoms with Gasteiger partial charge in [-0.1, -0.05) is 31.0 Å². The second-order valence-corrected chi connectivity index (χ2v) is 6.52. The summed E-state index contributed by atoms with van der Waals surface area (Å²) in [6.45, 7) is 3.05. The molecule has 1 N–H and O–H groups in total. The Hall–Kier alpha value is -1.06. The summed E-state index contributed by atoms with van der Waals surface area (Å²) in [5.41, 5.74) is 1.25. The van der Waals surface area contributed by atoms with Crippen LogP contribution in [0.15, 0.2) is 18.2 Å². The van der Waals surface area contributed by atoms with Gasteiger partial charge >= 0.3 is 5.97 Å². The fourth-order valence-electron chi connectivity index (χ4n) is 3.20. The number of carbonyl (C=O) groups is 1. The van der Waals surface area contributed by atoms with Gasteiger partial charge in [0.2, 0.25) is 0 Å². The largest absolute Gasteiger partial charge is 0.478 e. The monoisotopic (exact) mass is 309 g/mol. The van der Waals surface area contributed by atoms with Crippen LogP contribution < -0.4 is 0 Å². The van der Waals surface area contributed by atoms with Crippen molar-refractivity contribution < 1.29 is 9.90 Å². The zero-order chi connectivity index (χ0) is 15.4. The van der Waals surface area contributed by atoms with E-state index in [0.29, 0.717) is 11.1 Å². The van der Waals surface area contributed by atoms with Crippen LogP contribution in [0.5, 0.6) is 0 Å². The topological polar surface area (TPSA) is 40.5 Å². The Kier molecular flexibility index (Phi) is 5.65. The number of rotatable bonds is 5. The van der Waals surface area contributed by atoms with Crippen LogP contribution in [0.25, 0.3) is 0 Å². The summed E-state index contributed by atoms with van der Waals surface area (Å²) in [6.07, 6.45) is 6.42. The molecule has 116 valence electrons. The second kappa shape index (κ2) is 7.28. The predicted octanol–water partition coefficient (Wildman–Crippen LogP) is 4.44. The number of carboxylic acids is 1. The Balaban J connectivity index is 1.96. The molecule has 0 unspecified atom stereocenters. The van der Waals surface area contributed by atoms with E-state index >= 15 is 0 Å². The molecule has 0 radical (unpaired) electrons. The smallest absolute Gasteiger partial charge is 0.335 e. The first-order valence-electron chi connectivity index (χ1n) is 7.73. The van der Waals surface area contributed by atoms with E-state index in [1.165, 1.54) is 32.1 Å². The maximum atomic E-state index is 10.9. The molecule has 0 atom stereocenters. The van der Waals surface area contributed by atoms with Gasteiger partial charge in [0.05, 0.1) is 5.56 Å². The summed E-state index contributed by atoms with van der Waals surface area (Å²) in [6, 6.07) is 5.62. The van der Waals surface area contributed by atoms with Gasteiger partial charge in [-0.25, -0.2) is 4.79 Å². The van der Waals surface area contributed by atoms with Crippen LogP contribution >= 0.6 is 11.6 Å². The van der Waals surface area contributed by atoms with Crippen molar-refractivity contribution in [2.75, 3.05) is 7.05 Å². The van der Waals surface area contributed by atoms with Gasteiger partial charge in [0.25, 0.3) is 0 Å². The lowest BCUT2D eigenvalue weighted by Gasteiger charge is -2.34. The summed E-state index contributed by atoms with van der Waals surface area (Å²) in [5, 5.41) is 9.51. The number of hydrogen-bond donors (Lipinski definition) is 1. The summed E-state index contributed by atoms with van der Waals surface area (Å²) in [4.78, 5) is 13.3. The lowest BCUT2D eigenvalue weighted by molar-refractivity contribution is 0.0697. The molecule has 2 rings (SSSR count). The average Bonchev–Trinajstić information content (AvgIpc) is 2.49. The minimum absolute atomic E-state index is 0.245. The Morgan fingerprint density at radius 2 is 2.00 bits per heavy atom. The standard InChI is InChI=1S/C17H24ClNO2/c1-3-12-4-8-15(9-5-12)19(2)11-14-7-6-13(17(20)21)10-16(14)18/h6-7,10,12,15H,3-5,8-9,11H2,1-2H3,(H,20,21). The molecule has 0 heterocycles. The number of hydrogen-bond acceptors (Lipinski definition) is 2. The summed E-state index contributed by atoms with van der Waals surface area (Å²) in [5.74, 6) is -0.0391. The third-order valence-corrected chi connectivity index (χ3v) is 5.09. The molecule has 21 heavy (non-hydrogen) atoms. The molecule has 4 heteroatoms. The van der Waals surface area contributed by atoms with Gasteiger partial charge in [-0.05, 0) is 56.3 Å². The Morgan fingerprint density at radius 3 is 2.52 bits per heavy atom. The van der Waals surface area contributed by atoms with Crippen LogP contribution in [-0.4, -0.2) is 29.1 Å². The summed E-state index contributed by atoms with van der Waals surface area (Å²) >= 11 is 6.21. The van der Waals surface area contributed by atoms with Crippen LogP contribution in [0.2, 0.25) is 5.02 Å². The second-order valence-electron chi connectivity index (χ2n) is 6.11. The first kappa shape index (κ1) is 16.3. The highest BCUT2D eigenvalue weighted by Gasteiger charge is 2.23. The quantitative estimate of drug-likeness (QED) is 0.874. The summed E-state index contributed by atoms with van der Waals surface area (Å²) < 4.78 is 0. The zero-order valence-electron chi connectivity index (χ0n) is 12.8. The van der Waals surface area contributed by atoms with Crippen LogP contribution in [0.1, 0.15) is 54.9 Å². The Labute approximate surface area is 131 Å². The third kappa shape index (κ3) is 4.21. The number of halogens is 1. The van der Waals surface area contributed by atoms with Gasteiger partial charge in [-0.15, -0.1) is 0 Å². The van der Waals surface area contributed by atoms with Crippen molar-refractivity contribution >= 4 is 17.6 Å². The Morgan fingerprint density at radius 1 is 1.33 bits per heavy atom. The van der Waals surface area contributed by atoms with Gasteiger partial charge < -0.3 is 5.11 Å². The molecule has 0 aliphatic heterocycles. The maximum absolute atomic E-state index is 10.9. The van der Waals surface area contributed by atoms with E-state index in [1.54, 1.807) is 12.1 Å². The SMILES string of the molecule is CCC1CCC(N(C)Cc2ccc(C(=O)O)cc2Cl)CC1. The van der Waals surface area contributed by atoms with Crippen LogP contribution in [0.4, 0.5) is 0 Å². The van der Waals surface area contributed by atoms with E-state index < -0.39 is 5.97 Å². The molecule has 0 aromatic heterocycles. The highest BCUT2D eigenvalue weighted by molar-refractivity contribution is 6.31. The highest BCUT2D eigenvalue weighted by atomic mass is 35.5. The number of nitrogens with zero attached hydrogens (tertiary/aromatic N) is 1. The van der Waals surface area contributed by atoms with Crippen molar-refractivity contribution in [3.8, 4) is 0 Å². The third-order valence-electron chi connectivity index (χ3n) is 4.74. The molecule has 0 amide bonds. The van der Waals surface area contributed by atoms with E-state index in [1.807, 2.05) is 6.07 Å². The lowest BCUT2D eigenvalue weighted by Crippen LogP contribution is -2.34. The minimum Gasteiger partial charge on any atom is -0.478 e. The molecule has 1 saturated carbocycles. The molecule has 1 aromatic rings. The van der Waals surface area contributed by atoms with Gasteiger partial charge in [-0.3, -0.25) is 4.90 Å². The van der Waals surface area contributed by atoms with Crippen molar-refractivity contribution in [3.05, 3.63) is 34.3 Å². The molecule has 1 aromatic carbocycles. The van der Waals surface area contributed by atoms with Crippen LogP contribution in [0, 0.1) is 5.92 Å².